The summed E-state index contributed by atoms with van der Waals surface area (Å²) < 4.78 is 38.8. The first-order chi connectivity index (χ1) is 23.9. The van der Waals surface area contributed by atoms with Gasteiger partial charge >= 0.3 is 5.69 Å². The molecule has 2 fully saturated rings. The van der Waals surface area contributed by atoms with Crippen LogP contribution in [0.15, 0.2) is 90.3 Å². The number of piperidine rings is 2. The van der Waals surface area contributed by atoms with Crippen molar-refractivity contribution in [2.45, 2.75) is 70.2 Å². The molecule has 2 aliphatic heterocycles. The minimum atomic E-state index is -3.78. The summed E-state index contributed by atoms with van der Waals surface area (Å²) in [6.45, 7) is 13.8. The van der Waals surface area contributed by atoms with Crippen LogP contribution in [0, 0.1) is 0 Å². The topological polar surface area (TPSA) is 123 Å². The van der Waals surface area contributed by atoms with Crippen LogP contribution in [-0.2, 0) is 38.0 Å². The molecular weight excluding hydrogens is 655 g/mol. The van der Waals surface area contributed by atoms with Gasteiger partial charge in [0.25, 0.3) is 0 Å². The Labute approximate surface area is 294 Å². The fraction of sp³-hybridized carbons (Fsp3) is 0.447. The van der Waals surface area contributed by atoms with Gasteiger partial charge in [-0.15, -0.1) is 6.58 Å². The van der Waals surface area contributed by atoms with Crippen LogP contribution in [0.4, 0.5) is 0 Å². The van der Waals surface area contributed by atoms with Crippen molar-refractivity contribution in [1.29, 1.82) is 0 Å². The highest BCUT2D eigenvalue weighted by Gasteiger charge is 2.39. The number of likely N-dealkylation sites (tertiary alicyclic amines) is 1. The van der Waals surface area contributed by atoms with Crippen molar-refractivity contribution >= 4 is 32.9 Å². The number of carbonyl (C=O) groups is 2. The molecule has 0 radical (unpaired) electrons. The minimum absolute atomic E-state index is 0.0692. The number of fused-ring (bicyclic) bond motifs is 1. The minimum Gasteiger partial charge on any atom is -0.351 e. The number of amides is 2. The van der Waals surface area contributed by atoms with Crippen LogP contribution in [0.25, 0.3) is 11.0 Å². The fourth-order valence-electron chi connectivity index (χ4n) is 6.79. The number of imidazole rings is 1. The molecule has 3 heterocycles. The first-order valence-corrected chi connectivity index (χ1v) is 18.9. The van der Waals surface area contributed by atoms with Gasteiger partial charge in [0.15, 0.2) is 5.72 Å². The highest BCUT2D eigenvalue weighted by atomic mass is 32.2. The van der Waals surface area contributed by atoms with Gasteiger partial charge in [0.1, 0.15) is 6.04 Å². The van der Waals surface area contributed by atoms with Gasteiger partial charge < -0.3 is 9.64 Å². The van der Waals surface area contributed by atoms with E-state index in [1.54, 1.807) is 30.7 Å². The number of ether oxygens (including phenoxy) is 1. The molecule has 2 aromatic carbocycles. The average Bonchev–Trinajstić information content (AvgIpc) is 3.36. The summed E-state index contributed by atoms with van der Waals surface area (Å²) >= 11 is 0. The normalized spacial score (nSPS) is 19.2. The quantitative estimate of drug-likeness (QED) is 0.105. The van der Waals surface area contributed by atoms with Crippen molar-refractivity contribution in [3.8, 4) is 0 Å². The van der Waals surface area contributed by atoms with E-state index in [0.29, 0.717) is 12.1 Å². The maximum atomic E-state index is 14.0. The third kappa shape index (κ3) is 8.26. The van der Waals surface area contributed by atoms with Crippen LogP contribution >= 0.6 is 0 Å². The van der Waals surface area contributed by atoms with E-state index in [4.69, 9.17) is 4.74 Å². The third-order valence-electron chi connectivity index (χ3n) is 9.94. The zero-order valence-corrected chi connectivity index (χ0v) is 30.2. The number of aromatic nitrogens is 2. The van der Waals surface area contributed by atoms with E-state index in [9.17, 15) is 22.8 Å². The molecule has 0 spiro atoms. The Bertz CT molecular complexity index is 1920. The molecule has 1 aromatic heterocycles. The SMILES string of the molecule is C=CCN(C(C)(/C=C\C(=C)CC)OCc1ccccc1)S(=O)(=O)CCN1CCC(c2ccc3c(c2)n(C)c(=O)n3C2CCC(=O)NC2=O)CC1. The number of sulfonamides is 1. The predicted octanol–water partition coefficient (Wildman–Crippen LogP) is 4.77. The molecule has 2 saturated heterocycles. The Morgan fingerprint density at radius 1 is 1.08 bits per heavy atom. The monoisotopic (exact) mass is 703 g/mol. The van der Waals surface area contributed by atoms with Gasteiger partial charge in [0.05, 0.1) is 23.4 Å². The van der Waals surface area contributed by atoms with Crippen LogP contribution in [0.5, 0.6) is 0 Å². The van der Waals surface area contributed by atoms with Gasteiger partial charge in [-0.3, -0.25) is 24.0 Å². The smallest absolute Gasteiger partial charge is 0.329 e. The summed E-state index contributed by atoms with van der Waals surface area (Å²) in [4.78, 5) is 39.7. The Morgan fingerprint density at radius 3 is 2.46 bits per heavy atom. The van der Waals surface area contributed by atoms with Gasteiger partial charge in [-0.05, 0) is 81.0 Å². The molecule has 5 rings (SSSR count). The molecule has 3 aromatic rings. The van der Waals surface area contributed by atoms with Gasteiger partial charge in [-0.1, -0.05) is 67.6 Å². The van der Waals surface area contributed by atoms with Gasteiger partial charge in [0, 0.05) is 26.6 Å². The standard InChI is InChI=1S/C38H49N5O6S/c1-6-21-42(38(4,20-17-28(3)7-2)49-27-29-11-9-8-10-12-29)50(47,48)25-24-41-22-18-30(19-23-41)31-13-14-32-34(26-31)40(5)37(46)43(32)33-15-16-35(44)39-36(33)45/h6,8-14,17,20,26,30,33H,1,3,7,15-16,18-19,21-25,27H2,2,4-5H3,(H,39,44,45)/b20-17-. The molecule has 11 nitrogen and oxygen atoms in total. The molecule has 1 N–H and O–H groups in total. The molecule has 2 aliphatic rings. The molecule has 268 valence electrons. The van der Waals surface area contributed by atoms with Crippen LogP contribution in [0.1, 0.15) is 69.0 Å². The average molecular weight is 704 g/mol. The van der Waals surface area contributed by atoms with Crippen molar-refractivity contribution in [2.24, 2.45) is 7.05 Å². The zero-order valence-electron chi connectivity index (χ0n) is 29.3. The van der Waals surface area contributed by atoms with Crippen molar-refractivity contribution in [3.63, 3.8) is 0 Å². The summed E-state index contributed by atoms with van der Waals surface area (Å²) in [7, 11) is -2.08. The van der Waals surface area contributed by atoms with Crippen molar-refractivity contribution in [1.82, 2.24) is 23.7 Å². The fourth-order valence-corrected chi connectivity index (χ4v) is 8.50. The second-order valence-corrected chi connectivity index (χ2v) is 15.4. The molecule has 0 bridgehead atoms. The molecule has 0 saturated carbocycles. The van der Waals surface area contributed by atoms with Gasteiger partial charge in [0.2, 0.25) is 21.8 Å². The number of rotatable bonds is 15. The lowest BCUT2D eigenvalue weighted by molar-refractivity contribution is -0.135. The third-order valence-corrected chi connectivity index (χ3v) is 11.8. The number of imide groups is 1. The maximum absolute atomic E-state index is 14.0. The lowest BCUT2D eigenvalue weighted by Gasteiger charge is -2.38. The zero-order chi connectivity index (χ0) is 36.1. The van der Waals surface area contributed by atoms with Crippen molar-refractivity contribution in [3.05, 3.63) is 107 Å². The van der Waals surface area contributed by atoms with Crippen LogP contribution in [0.3, 0.4) is 0 Å². The largest absolute Gasteiger partial charge is 0.351 e. The van der Waals surface area contributed by atoms with Gasteiger partial charge in [-0.2, -0.15) is 4.31 Å². The summed E-state index contributed by atoms with van der Waals surface area (Å²) in [6.07, 6.45) is 8.08. The molecule has 2 amide bonds. The Balaban J connectivity index is 1.26. The lowest BCUT2D eigenvalue weighted by Crippen LogP contribution is -2.52. The van der Waals surface area contributed by atoms with E-state index in [0.717, 1.165) is 54.6 Å². The summed E-state index contributed by atoms with van der Waals surface area (Å²) in [5.41, 5.74) is 2.76. The highest BCUT2D eigenvalue weighted by Crippen LogP contribution is 2.32. The number of benzene rings is 2. The predicted molar refractivity (Wildman–Crippen MR) is 196 cm³/mol. The van der Waals surface area contributed by atoms with E-state index in [1.165, 1.54) is 8.87 Å². The van der Waals surface area contributed by atoms with E-state index in [-0.39, 0.29) is 49.3 Å². The number of carbonyl (C=O) groups excluding carboxylic acids is 2. The summed E-state index contributed by atoms with van der Waals surface area (Å²) in [5, 5.41) is 2.35. The second-order valence-electron chi connectivity index (χ2n) is 13.4. The second kappa shape index (κ2) is 15.8. The Kier molecular flexibility index (Phi) is 11.8. The molecule has 2 unspecified atom stereocenters. The van der Waals surface area contributed by atoms with Crippen molar-refractivity contribution in [2.75, 3.05) is 31.9 Å². The first kappa shape index (κ1) is 37.2. The van der Waals surface area contributed by atoms with Crippen molar-refractivity contribution < 1.29 is 22.7 Å². The Hall–Kier alpha value is -4.10. The van der Waals surface area contributed by atoms with E-state index >= 15 is 0 Å². The lowest BCUT2D eigenvalue weighted by atomic mass is 9.89. The number of aryl methyl sites for hydroxylation is 1. The van der Waals surface area contributed by atoms with Crippen LogP contribution in [-0.4, -0.2) is 76.2 Å². The number of nitrogens with zero attached hydrogens (tertiary/aromatic N) is 4. The van der Waals surface area contributed by atoms with Crippen LogP contribution in [0.2, 0.25) is 0 Å². The maximum Gasteiger partial charge on any atom is 0.329 e. The number of allylic oxidation sites excluding steroid dienone is 2. The highest BCUT2D eigenvalue weighted by molar-refractivity contribution is 7.89. The number of hydrogen-bond acceptors (Lipinski definition) is 7. The van der Waals surface area contributed by atoms with E-state index in [2.05, 4.69) is 23.4 Å². The first-order valence-electron chi connectivity index (χ1n) is 17.3. The summed E-state index contributed by atoms with van der Waals surface area (Å²) in [6, 6.07) is 14.9. The van der Waals surface area contributed by atoms with E-state index in [1.807, 2.05) is 61.5 Å². The molecular formula is C38H49N5O6S. The molecule has 0 aliphatic carbocycles. The summed E-state index contributed by atoms with van der Waals surface area (Å²) in [5.74, 6) is -0.604. The van der Waals surface area contributed by atoms with Crippen LogP contribution < -0.4 is 11.0 Å². The molecule has 12 heteroatoms. The molecule has 50 heavy (non-hydrogen) atoms. The number of nitrogens with one attached hydrogen (secondary N) is 1. The Morgan fingerprint density at radius 2 is 1.80 bits per heavy atom. The van der Waals surface area contributed by atoms with E-state index < -0.39 is 27.7 Å². The van der Waals surface area contributed by atoms with Gasteiger partial charge in [-0.25, -0.2) is 13.2 Å². The molecule has 2 atom stereocenters. The number of hydrogen-bond donors (Lipinski definition) is 1.